The van der Waals surface area contributed by atoms with Crippen molar-refractivity contribution >= 4 is 22.9 Å². The van der Waals surface area contributed by atoms with Crippen molar-refractivity contribution in [2.24, 2.45) is 11.7 Å². The molecular weight excluding hydrogens is 247 g/mol. The number of anilines is 1. The van der Waals surface area contributed by atoms with E-state index in [1.807, 2.05) is 0 Å². The zero-order chi connectivity index (χ0) is 13.9. The molecule has 0 saturated heterocycles. The average Bonchev–Trinajstić information content (AvgIpc) is 2.25. The van der Waals surface area contributed by atoms with Crippen molar-refractivity contribution in [2.75, 3.05) is 11.4 Å². The summed E-state index contributed by atoms with van der Waals surface area (Å²) in [5, 5.41) is 0. The number of benzene rings is 1. The number of hydrogen-bond acceptors (Lipinski definition) is 2. The minimum Gasteiger partial charge on any atom is -0.389 e. The van der Waals surface area contributed by atoms with Crippen molar-refractivity contribution in [3.8, 4) is 0 Å². The third kappa shape index (κ3) is 3.67. The summed E-state index contributed by atoms with van der Waals surface area (Å²) in [6.07, 6.45) is 0. The molecule has 0 aliphatic rings. The van der Waals surface area contributed by atoms with Gasteiger partial charge in [-0.2, -0.15) is 0 Å². The minimum absolute atomic E-state index is 0.223. The van der Waals surface area contributed by atoms with Crippen molar-refractivity contribution in [1.29, 1.82) is 0 Å². The summed E-state index contributed by atoms with van der Waals surface area (Å²) < 4.78 is 14.1. The molecule has 18 heavy (non-hydrogen) atoms. The van der Waals surface area contributed by atoms with E-state index in [0.717, 1.165) is 6.54 Å². The zero-order valence-electron chi connectivity index (χ0n) is 11.4. The summed E-state index contributed by atoms with van der Waals surface area (Å²) in [5.41, 5.74) is 6.68. The van der Waals surface area contributed by atoms with Gasteiger partial charge in [0.2, 0.25) is 0 Å². The normalized spacial score (nSPS) is 11.1. The summed E-state index contributed by atoms with van der Waals surface area (Å²) in [7, 11) is 0. The lowest BCUT2D eigenvalue weighted by Gasteiger charge is -2.31. The van der Waals surface area contributed by atoms with Gasteiger partial charge < -0.3 is 10.6 Å². The van der Waals surface area contributed by atoms with Crippen LogP contribution in [0, 0.1) is 11.7 Å². The largest absolute Gasteiger partial charge is 0.389 e. The van der Waals surface area contributed by atoms with Crippen LogP contribution >= 0.6 is 12.2 Å². The molecule has 1 aromatic carbocycles. The van der Waals surface area contributed by atoms with Crippen LogP contribution in [0.2, 0.25) is 0 Å². The van der Waals surface area contributed by atoms with E-state index >= 15 is 0 Å². The van der Waals surface area contributed by atoms with Gasteiger partial charge in [-0.15, -0.1) is 0 Å². The van der Waals surface area contributed by atoms with Crippen LogP contribution in [0.3, 0.4) is 0 Å². The van der Waals surface area contributed by atoms with Crippen molar-refractivity contribution in [2.45, 2.75) is 33.7 Å². The standard InChI is InChI=1S/C14H21FN2S/c1-9(2)8-17(10(3)4)13-6-5-11(14(16)18)7-12(13)15/h5-7,9-10H,8H2,1-4H3,(H2,16,18). The van der Waals surface area contributed by atoms with Gasteiger partial charge in [0.1, 0.15) is 10.8 Å². The molecule has 0 atom stereocenters. The number of rotatable bonds is 5. The van der Waals surface area contributed by atoms with Crippen molar-refractivity contribution in [1.82, 2.24) is 0 Å². The summed E-state index contributed by atoms with van der Waals surface area (Å²) in [4.78, 5) is 2.28. The van der Waals surface area contributed by atoms with E-state index in [1.165, 1.54) is 6.07 Å². The molecule has 1 rings (SSSR count). The third-order valence-corrected chi connectivity index (χ3v) is 2.96. The number of halogens is 1. The van der Waals surface area contributed by atoms with Crippen LogP contribution in [-0.2, 0) is 0 Å². The Balaban J connectivity index is 3.09. The second kappa shape index (κ2) is 6.14. The molecule has 0 bridgehead atoms. The van der Waals surface area contributed by atoms with Gasteiger partial charge in [-0.3, -0.25) is 0 Å². The average molecular weight is 268 g/mol. The Bertz CT molecular complexity index is 430. The first-order valence-electron chi connectivity index (χ1n) is 6.19. The summed E-state index contributed by atoms with van der Waals surface area (Å²) in [6.45, 7) is 9.18. The van der Waals surface area contributed by atoms with E-state index < -0.39 is 0 Å². The van der Waals surface area contributed by atoms with E-state index in [1.54, 1.807) is 12.1 Å². The fourth-order valence-electron chi connectivity index (χ4n) is 1.87. The maximum absolute atomic E-state index is 14.1. The van der Waals surface area contributed by atoms with Crippen LogP contribution < -0.4 is 10.6 Å². The van der Waals surface area contributed by atoms with Gasteiger partial charge in [0.25, 0.3) is 0 Å². The Kier molecular flexibility index (Phi) is 5.08. The van der Waals surface area contributed by atoms with E-state index in [2.05, 4.69) is 32.6 Å². The highest BCUT2D eigenvalue weighted by Gasteiger charge is 2.16. The maximum Gasteiger partial charge on any atom is 0.147 e. The Morgan fingerprint density at radius 3 is 2.33 bits per heavy atom. The van der Waals surface area contributed by atoms with Crippen molar-refractivity contribution < 1.29 is 4.39 Å². The summed E-state index contributed by atoms with van der Waals surface area (Å²) in [6, 6.07) is 5.19. The third-order valence-electron chi connectivity index (χ3n) is 2.73. The number of nitrogens with two attached hydrogens (primary N) is 1. The van der Waals surface area contributed by atoms with Gasteiger partial charge in [-0.1, -0.05) is 26.1 Å². The minimum atomic E-state index is -0.269. The predicted octanol–water partition coefficient (Wildman–Crippen LogP) is 3.33. The van der Waals surface area contributed by atoms with Gasteiger partial charge in [0.15, 0.2) is 0 Å². The van der Waals surface area contributed by atoms with E-state index in [9.17, 15) is 4.39 Å². The molecule has 0 aliphatic heterocycles. The van der Waals surface area contributed by atoms with Gasteiger partial charge >= 0.3 is 0 Å². The van der Waals surface area contributed by atoms with E-state index in [0.29, 0.717) is 17.2 Å². The molecule has 0 aromatic heterocycles. The molecule has 4 heteroatoms. The van der Waals surface area contributed by atoms with Crippen molar-refractivity contribution in [3.63, 3.8) is 0 Å². The summed E-state index contributed by atoms with van der Waals surface area (Å²) in [5.74, 6) is 0.205. The van der Waals surface area contributed by atoms with Crippen LogP contribution in [-0.4, -0.2) is 17.6 Å². The molecular formula is C14H21FN2S. The molecule has 0 aliphatic carbocycles. The zero-order valence-corrected chi connectivity index (χ0v) is 12.2. The first kappa shape index (κ1) is 14.9. The highest BCUT2D eigenvalue weighted by Crippen LogP contribution is 2.23. The van der Waals surface area contributed by atoms with E-state index in [-0.39, 0.29) is 16.8 Å². The highest BCUT2D eigenvalue weighted by molar-refractivity contribution is 7.80. The lowest BCUT2D eigenvalue weighted by atomic mass is 10.1. The summed E-state index contributed by atoms with van der Waals surface area (Å²) >= 11 is 4.85. The fourth-order valence-corrected chi connectivity index (χ4v) is 2.00. The topological polar surface area (TPSA) is 29.3 Å². The van der Waals surface area contributed by atoms with Crippen LogP contribution in [0.4, 0.5) is 10.1 Å². The van der Waals surface area contributed by atoms with Crippen LogP contribution in [0.15, 0.2) is 18.2 Å². The molecule has 0 heterocycles. The number of thiocarbonyl (C=S) groups is 1. The second-order valence-corrected chi connectivity index (χ2v) is 5.61. The highest BCUT2D eigenvalue weighted by atomic mass is 32.1. The number of hydrogen-bond donors (Lipinski definition) is 1. The van der Waals surface area contributed by atoms with Crippen LogP contribution in [0.5, 0.6) is 0 Å². The van der Waals surface area contributed by atoms with Gasteiger partial charge in [0, 0.05) is 18.2 Å². The Labute approximate surface area is 114 Å². The fraction of sp³-hybridized carbons (Fsp3) is 0.500. The lowest BCUT2D eigenvalue weighted by molar-refractivity contribution is 0.549. The van der Waals surface area contributed by atoms with Crippen molar-refractivity contribution in [3.05, 3.63) is 29.6 Å². The second-order valence-electron chi connectivity index (χ2n) is 5.17. The molecule has 0 radical (unpaired) electrons. The first-order valence-corrected chi connectivity index (χ1v) is 6.59. The monoisotopic (exact) mass is 268 g/mol. The molecule has 2 N–H and O–H groups in total. The molecule has 1 aromatic rings. The molecule has 0 saturated carbocycles. The SMILES string of the molecule is CC(C)CN(c1ccc(C(N)=S)cc1F)C(C)C. The maximum atomic E-state index is 14.1. The molecule has 100 valence electrons. The molecule has 0 unspecified atom stereocenters. The van der Waals surface area contributed by atoms with Gasteiger partial charge in [0.05, 0.1) is 5.69 Å². The quantitative estimate of drug-likeness (QED) is 0.831. The Morgan fingerprint density at radius 1 is 1.33 bits per heavy atom. The lowest BCUT2D eigenvalue weighted by Crippen LogP contribution is -2.34. The van der Waals surface area contributed by atoms with Crippen LogP contribution in [0.1, 0.15) is 33.3 Å². The van der Waals surface area contributed by atoms with Gasteiger partial charge in [-0.05, 0) is 38.0 Å². The predicted molar refractivity (Wildman–Crippen MR) is 79.6 cm³/mol. The van der Waals surface area contributed by atoms with E-state index in [4.69, 9.17) is 18.0 Å². The Hall–Kier alpha value is -1.16. The molecule has 0 spiro atoms. The molecule has 2 nitrogen and oxygen atoms in total. The number of nitrogens with zero attached hydrogens (tertiary/aromatic N) is 1. The smallest absolute Gasteiger partial charge is 0.147 e. The molecule has 0 fully saturated rings. The van der Waals surface area contributed by atoms with Gasteiger partial charge in [-0.25, -0.2) is 4.39 Å². The van der Waals surface area contributed by atoms with Crippen LogP contribution in [0.25, 0.3) is 0 Å². The Morgan fingerprint density at radius 2 is 1.94 bits per heavy atom. The first-order chi connectivity index (χ1) is 8.32. The molecule has 0 amide bonds.